The van der Waals surface area contributed by atoms with Gasteiger partial charge in [-0.25, -0.2) is 0 Å². The SMILES string of the molecule is COc1cc(C=C2C(=O)N(C)C(=S)N2C)cc(Br)c1O. The highest BCUT2D eigenvalue weighted by Crippen LogP contribution is 2.36. The van der Waals surface area contributed by atoms with E-state index in [4.69, 9.17) is 17.0 Å². The third-order valence-corrected chi connectivity index (χ3v) is 4.19. The van der Waals surface area contributed by atoms with Crippen LogP contribution in [0.2, 0.25) is 0 Å². The highest BCUT2D eigenvalue weighted by Gasteiger charge is 2.32. The Hall–Kier alpha value is -1.60. The first kappa shape index (κ1) is 14.8. The monoisotopic (exact) mass is 356 g/mol. The minimum atomic E-state index is -0.166. The van der Waals surface area contributed by atoms with Crippen LogP contribution in [0.15, 0.2) is 22.3 Å². The molecule has 1 aliphatic heterocycles. The van der Waals surface area contributed by atoms with Gasteiger partial charge in [0.25, 0.3) is 5.91 Å². The molecular formula is C13H13BrN2O3S. The molecule has 1 aromatic carbocycles. The lowest BCUT2D eigenvalue weighted by Crippen LogP contribution is -2.26. The highest BCUT2D eigenvalue weighted by atomic mass is 79.9. The maximum absolute atomic E-state index is 12.1. The van der Waals surface area contributed by atoms with E-state index in [-0.39, 0.29) is 11.7 Å². The molecule has 0 radical (unpaired) electrons. The number of aromatic hydroxyl groups is 1. The van der Waals surface area contributed by atoms with Crippen molar-refractivity contribution in [3.8, 4) is 11.5 Å². The Labute approximate surface area is 130 Å². The molecule has 1 heterocycles. The zero-order chi connectivity index (χ0) is 15.0. The number of benzene rings is 1. The van der Waals surface area contributed by atoms with E-state index in [2.05, 4.69) is 15.9 Å². The van der Waals surface area contributed by atoms with Crippen LogP contribution in [0.3, 0.4) is 0 Å². The second-order valence-corrected chi connectivity index (χ2v) is 5.51. The van der Waals surface area contributed by atoms with Crippen molar-refractivity contribution in [1.82, 2.24) is 9.80 Å². The number of carbonyl (C=O) groups excluding carboxylic acids is 1. The van der Waals surface area contributed by atoms with Gasteiger partial charge in [-0.1, -0.05) is 0 Å². The number of ether oxygens (including phenoxy) is 1. The molecule has 2 rings (SSSR count). The molecule has 1 amide bonds. The summed E-state index contributed by atoms with van der Waals surface area (Å²) in [4.78, 5) is 15.1. The van der Waals surface area contributed by atoms with E-state index in [1.165, 1.54) is 12.0 Å². The van der Waals surface area contributed by atoms with Crippen molar-refractivity contribution >= 4 is 45.2 Å². The Morgan fingerprint density at radius 1 is 1.35 bits per heavy atom. The molecule has 20 heavy (non-hydrogen) atoms. The van der Waals surface area contributed by atoms with Crippen molar-refractivity contribution < 1.29 is 14.6 Å². The fourth-order valence-corrected chi connectivity index (χ4v) is 2.52. The van der Waals surface area contributed by atoms with E-state index in [1.54, 1.807) is 37.2 Å². The fourth-order valence-electron chi connectivity index (χ4n) is 1.88. The molecule has 5 nitrogen and oxygen atoms in total. The van der Waals surface area contributed by atoms with Gasteiger partial charge in [0, 0.05) is 14.1 Å². The number of methoxy groups -OCH3 is 1. The van der Waals surface area contributed by atoms with Crippen LogP contribution in [0, 0.1) is 0 Å². The Bertz CT molecular complexity index is 630. The number of nitrogens with zero attached hydrogens (tertiary/aromatic N) is 2. The lowest BCUT2D eigenvalue weighted by molar-refractivity contribution is -0.121. The first-order chi connectivity index (χ1) is 9.36. The van der Waals surface area contributed by atoms with E-state index in [9.17, 15) is 9.90 Å². The molecule has 106 valence electrons. The second-order valence-electron chi connectivity index (χ2n) is 4.29. The standard InChI is InChI=1S/C13H13BrN2O3S/c1-15-9(12(18)16(2)13(15)20)5-7-4-8(14)11(17)10(6-7)19-3/h4-6,17H,1-3H3. The predicted molar refractivity (Wildman–Crippen MR) is 83.5 cm³/mol. The van der Waals surface area contributed by atoms with Crippen LogP contribution in [0.4, 0.5) is 0 Å². The van der Waals surface area contributed by atoms with E-state index < -0.39 is 0 Å². The van der Waals surface area contributed by atoms with Gasteiger partial charge in [0.05, 0.1) is 11.6 Å². The van der Waals surface area contributed by atoms with Crippen LogP contribution < -0.4 is 4.74 Å². The van der Waals surface area contributed by atoms with Gasteiger partial charge in [-0.15, -0.1) is 0 Å². The van der Waals surface area contributed by atoms with Crippen molar-refractivity contribution in [2.45, 2.75) is 0 Å². The topological polar surface area (TPSA) is 53.0 Å². The average Bonchev–Trinajstić information content (AvgIpc) is 2.60. The summed E-state index contributed by atoms with van der Waals surface area (Å²) in [6.07, 6.45) is 1.70. The van der Waals surface area contributed by atoms with Gasteiger partial charge in [0.2, 0.25) is 0 Å². The van der Waals surface area contributed by atoms with Crippen LogP contribution in [0.5, 0.6) is 11.5 Å². The Morgan fingerprint density at radius 2 is 2.00 bits per heavy atom. The van der Waals surface area contributed by atoms with Gasteiger partial charge >= 0.3 is 0 Å². The van der Waals surface area contributed by atoms with E-state index in [0.717, 1.165) is 5.56 Å². The van der Waals surface area contributed by atoms with Gasteiger partial charge in [-0.2, -0.15) is 0 Å². The van der Waals surface area contributed by atoms with E-state index in [0.29, 0.717) is 21.0 Å². The number of likely N-dealkylation sites (N-methyl/N-ethyl adjacent to an activating group) is 2. The molecule has 1 aromatic rings. The van der Waals surface area contributed by atoms with Crippen molar-refractivity contribution in [3.05, 3.63) is 27.9 Å². The highest BCUT2D eigenvalue weighted by molar-refractivity contribution is 9.10. The number of hydrogen-bond acceptors (Lipinski definition) is 4. The van der Waals surface area contributed by atoms with Crippen LogP contribution in [0.25, 0.3) is 6.08 Å². The van der Waals surface area contributed by atoms with Crippen LogP contribution in [0.1, 0.15) is 5.56 Å². The maximum atomic E-state index is 12.1. The molecule has 1 fully saturated rings. The largest absolute Gasteiger partial charge is 0.503 e. The second kappa shape index (κ2) is 5.41. The van der Waals surface area contributed by atoms with Gasteiger partial charge in [-0.05, 0) is 51.9 Å². The van der Waals surface area contributed by atoms with Crippen molar-refractivity contribution in [3.63, 3.8) is 0 Å². The number of carbonyl (C=O) groups is 1. The van der Waals surface area contributed by atoms with Crippen molar-refractivity contribution in [2.75, 3.05) is 21.2 Å². The molecule has 0 bridgehead atoms. The molecule has 0 saturated carbocycles. The molecular weight excluding hydrogens is 344 g/mol. The molecule has 7 heteroatoms. The van der Waals surface area contributed by atoms with E-state index in [1.807, 2.05) is 0 Å². The van der Waals surface area contributed by atoms with E-state index >= 15 is 0 Å². The summed E-state index contributed by atoms with van der Waals surface area (Å²) < 4.78 is 5.58. The molecule has 0 spiro atoms. The van der Waals surface area contributed by atoms with Gasteiger partial charge in [0.1, 0.15) is 5.70 Å². The molecule has 0 unspecified atom stereocenters. The smallest absolute Gasteiger partial charge is 0.276 e. The summed E-state index contributed by atoms with van der Waals surface area (Å²) in [7, 11) is 4.84. The van der Waals surface area contributed by atoms with Gasteiger partial charge in [0.15, 0.2) is 16.6 Å². The molecule has 0 atom stereocenters. The Morgan fingerprint density at radius 3 is 2.50 bits per heavy atom. The summed E-state index contributed by atoms with van der Waals surface area (Å²) >= 11 is 8.39. The quantitative estimate of drug-likeness (QED) is 0.650. The minimum absolute atomic E-state index is 0.0217. The number of phenolic OH excluding ortho intramolecular Hbond substituents is 1. The summed E-state index contributed by atoms with van der Waals surface area (Å²) in [6.45, 7) is 0. The first-order valence-electron chi connectivity index (χ1n) is 5.70. The first-order valence-corrected chi connectivity index (χ1v) is 6.91. The number of thiocarbonyl (C=S) groups is 1. The normalized spacial score (nSPS) is 17.3. The number of hydrogen-bond donors (Lipinski definition) is 1. The van der Waals surface area contributed by atoms with Crippen LogP contribution in [-0.4, -0.2) is 47.1 Å². The summed E-state index contributed by atoms with van der Waals surface area (Å²) in [5.74, 6) is 0.185. The fraction of sp³-hybridized carbons (Fsp3) is 0.231. The number of phenols is 1. The van der Waals surface area contributed by atoms with Crippen LogP contribution >= 0.6 is 28.1 Å². The molecule has 1 saturated heterocycles. The third kappa shape index (κ3) is 2.38. The zero-order valence-electron chi connectivity index (χ0n) is 11.2. The molecule has 1 N–H and O–H groups in total. The minimum Gasteiger partial charge on any atom is -0.503 e. The predicted octanol–water partition coefficient (Wildman–Crippen LogP) is 2.19. The zero-order valence-corrected chi connectivity index (χ0v) is 13.6. The third-order valence-electron chi connectivity index (χ3n) is 3.03. The number of halogens is 1. The van der Waals surface area contributed by atoms with Gasteiger partial charge < -0.3 is 14.7 Å². The van der Waals surface area contributed by atoms with Crippen molar-refractivity contribution in [2.24, 2.45) is 0 Å². The average molecular weight is 357 g/mol. The molecule has 0 aromatic heterocycles. The lowest BCUT2D eigenvalue weighted by Gasteiger charge is -2.11. The Kier molecular flexibility index (Phi) is 4.01. The maximum Gasteiger partial charge on any atom is 0.276 e. The Balaban J connectivity index is 2.48. The molecule has 0 aliphatic carbocycles. The van der Waals surface area contributed by atoms with Crippen molar-refractivity contribution in [1.29, 1.82) is 0 Å². The summed E-state index contributed by atoms with van der Waals surface area (Å²) in [6, 6.07) is 3.35. The number of amides is 1. The molecule has 1 aliphatic rings. The number of rotatable bonds is 2. The van der Waals surface area contributed by atoms with Gasteiger partial charge in [-0.3, -0.25) is 9.69 Å². The lowest BCUT2D eigenvalue weighted by atomic mass is 10.1. The van der Waals surface area contributed by atoms with Crippen LogP contribution in [-0.2, 0) is 4.79 Å². The summed E-state index contributed by atoms with van der Waals surface area (Å²) in [5, 5.41) is 10.2. The summed E-state index contributed by atoms with van der Waals surface area (Å²) in [5.41, 5.74) is 1.19.